The molecular weight excluding hydrogens is 388 g/mol. The molecule has 0 saturated carbocycles. The van der Waals surface area contributed by atoms with Crippen LogP contribution in [-0.2, 0) is 6.54 Å². The molecule has 0 atom stereocenters. The molecule has 10 nitrogen and oxygen atoms in total. The van der Waals surface area contributed by atoms with Crippen molar-refractivity contribution in [3.63, 3.8) is 0 Å². The summed E-state index contributed by atoms with van der Waals surface area (Å²) in [6, 6.07) is 8.53. The number of fused-ring (bicyclic) bond motifs is 1. The molecule has 1 fully saturated rings. The van der Waals surface area contributed by atoms with Gasteiger partial charge in [-0.25, -0.2) is 14.6 Å². The van der Waals surface area contributed by atoms with E-state index in [1.54, 1.807) is 30.5 Å². The minimum absolute atomic E-state index is 0.400. The number of benzene rings is 1. The second-order valence-electron chi connectivity index (χ2n) is 7.07. The molecule has 0 spiro atoms. The van der Waals surface area contributed by atoms with Crippen LogP contribution in [0.2, 0.25) is 0 Å². The van der Waals surface area contributed by atoms with E-state index >= 15 is 0 Å². The normalized spacial score (nSPS) is 14.6. The molecule has 1 saturated heterocycles. The Balaban J connectivity index is 1.42. The minimum atomic E-state index is -0.896. The van der Waals surface area contributed by atoms with E-state index in [2.05, 4.69) is 25.5 Å². The summed E-state index contributed by atoms with van der Waals surface area (Å²) < 4.78 is 5.83. The standard InChI is InChI=1S/C20H22N6O4/c1-13-5-6-14(11-21-13)22-19(27)23-15-3-2-4-16-18(15)24-17(30-16)12-25-7-9-26(10-8-25)20(28)29/h2-6,11H,7-10,12H2,1H3,(H,28,29)(H2,22,23,27). The summed E-state index contributed by atoms with van der Waals surface area (Å²) in [4.78, 5) is 35.6. The van der Waals surface area contributed by atoms with Crippen molar-refractivity contribution < 1.29 is 19.1 Å². The van der Waals surface area contributed by atoms with Gasteiger partial charge in [0, 0.05) is 31.9 Å². The number of para-hydroxylation sites is 1. The van der Waals surface area contributed by atoms with Gasteiger partial charge in [-0.3, -0.25) is 9.88 Å². The molecule has 156 valence electrons. The predicted molar refractivity (Wildman–Crippen MR) is 110 cm³/mol. The number of carbonyl (C=O) groups excluding carboxylic acids is 1. The topological polar surface area (TPSA) is 124 Å². The molecule has 1 aliphatic rings. The zero-order chi connectivity index (χ0) is 21.1. The lowest BCUT2D eigenvalue weighted by atomic mass is 10.3. The highest BCUT2D eigenvalue weighted by molar-refractivity contribution is 6.04. The first-order valence-corrected chi connectivity index (χ1v) is 9.57. The maximum absolute atomic E-state index is 12.4. The fourth-order valence-corrected chi connectivity index (χ4v) is 3.28. The number of carbonyl (C=O) groups is 2. The molecule has 3 N–H and O–H groups in total. The molecule has 1 aliphatic heterocycles. The van der Waals surface area contributed by atoms with Gasteiger partial charge in [-0.05, 0) is 31.2 Å². The van der Waals surface area contributed by atoms with Crippen LogP contribution < -0.4 is 10.6 Å². The van der Waals surface area contributed by atoms with Crippen LogP contribution >= 0.6 is 0 Å². The van der Waals surface area contributed by atoms with Gasteiger partial charge in [0.2, 0.25) is 5.89 Å². The highest BCUT2D eigenvalue weighted by Gasteiger charge is 2.22. The Kier molecular flexibility index (Phi) is 5.48. The van der Waals surface area contributed by atoms with E-state index in [4.69, 9.17) is 9.52 Å². The summed E-state index contributed by atoms with van der Waals surface area (Å²) >= 11 is 0. The quantitative estimate of drug-likeness (QED) is 0.604. The van der Waals surface area contributed by atoms with Gasteiger partial charge in [-0.2, -0.15) is 0 Å². The van der Waals surface area contributed by atoms with Gasteiger partial charge in [0.1, 0.15) is 5.52 Å². The smallest absolute Gasteiger partial charge is 0.407 e. The number of rotatable bonds is 4. The summed E-state index contributed by atoms with van der Waals surface area (Å²) in [5.74, 6) is 0.520. The fourth-order valence-electron chi connectivity index (χ4n) is 3.28. The van der Waals surface area contributed by atoms with Crippen molar-refractivity contribution in [2.45, 2.75) is 13.5 Å². The van der Waals surface area contributed by atoms with E-state index in [9.17, 15) is 9.59 Å². The molecule has 1 aromatic carbocycles. The van der Waals surface area contributed by atoms with Gasteiger partial charge in [-0.1, -0.05) is 6.07 Å². The van der Waals surface area contributed by atoms with Gasteiger partial charge in [0.05, 0.1) is 24.1 Å². The summed E-state index contributed by atoms with van der Waals surface area (Å²) in [6.45, 7) is 4.49. The Bertz CT molecular complexity index is 1060. The summed E-state index contributed by atoms with van der Waals surface area (Å²) in [5, 5.41) is 14.6. The van der Waals surface area contributed by atoms with Crippen molar-refractivity contribution in [2.24, 2.45) is 0 Å². The van der Waals surface area contributed by atoms with E-state index in [1.807, 2.05) is 13.0 Å². The van der Waals surface area contributed by atoms with Crippen LogP contribution in [0.25, 0.3) is 11.1 Å². The maximum Gasteiger partial charge on any atom is 0.407 e. The van der Waals surface area contributed by atoms with Crippen molar-refractivity contribution in [1.29, 1.82) is 0 Å². The summed E-state index contributed by atoms with van der Waals surface area (Å²) in [7, 11) is 0. The van der Waals surface area contributed by atoms with E-state index in [0.29, 0.717) is 61.1 Å². The maximum atomic E-state index is 12.4. The molecule has 4 rings (SSSR count). The van der Waals surface area contributed by atoms with Crippen molar-refractivity contribution in [2.75, 3.05) is 36.8 Å². The van der Waals surface area contributed by atoms with Gasteiger partial charge in [0.15, 0.2) is 5.58 Å². The largest absolute Gasteiger partial charge is 0.465 e. The molecule has 30 heavy (non-hydrogen) atoms. The Morgan fingerprint density at radius 3 is 2.63 bits per heavy atom. The molecular formula is C20H22N6O4. The lowest BCUT2D eigenvalue weighted by Crippen LogP contribution is -2.47. The molecule has 0 aliphatic carbocycles. The van der Waals surface area contributed by atoms with Crippen molar-refractivity contribution >= 4 is 34.6 Å². The molecule has 0 bridgehead atoms. The average molecular weight is 410 g/mol. The van der Waals surface area contributed by atoms with Crippen LogP contribution in [0.1, 0.15) is 11.6 Å². The lowest BCUT2D eigenvalue weighted by Gasteiger charge is -2.32. The Hall–Kier alpha value is -3.66. The molecule has 0 unspecified atom stereocenters. The summed E-state index contributed by atoms with van der Waals surface area (Å²) in [6.07, 6.45) is 0.695. The Morgan fingerprint density at radius 1 is 1.13 bits per heavy atom. The van der Waals surface area contributed by atoms with Crippen molar-refractivity contribution in [3.05, 3.63) is 48.1 Å². The number of nitrogens with one attached hydrogen (secondary N) is 2. The van der Waals surface area contributed by atoms with Crippen LogP contribution in [0.15, 0.2) is 40.9 Å². The van der Waals surface area contributed by atoms with Crippen LogP contribution in [0.5, 0.6) is 0 Å². The third-order valence-electron chi connectivity index (χ3n) is 4.88. The highest BCUT2D eigenvalue weighted by Crippen LogP contribution is 2.25. The molecule has 2 aromatic heterocycles. The number of pyridine rings is 1. The number of nitrogens with zero attached hydrogens (tertiary/aromatic N) is 4. The SMILES string of the molecule is Cc1ccc(NC(=O)Nc2cccc3oc(CN4CCN(C(=O)O)CC4)nc23)cn1. The lowest BCUT2D eigenvalue weighted by molar-refractivity contribution is 0.0993. The number of aromatic nitrogens is 2. The van der Waals surface area contributed by atoms with Crippen LogP contribution in [-0.4, -0.2) is 63.2 Å². The Labute approximate surface area is 172 Å². The number of piperazine rings is 1. The van der Waals surface area contributed by atoms with Crippen molar-refractivity contribution in [1.82, 2.24) is 19.8 Å². The predicted octanol–water partition coefficient (Wildman–Crippen LogP) is 2.97. The third kappa shape index (κ3) is 4.49. The Morgan fingerprint density at radius 2 is 1.93 bits per heavy atom. The molecule has 3 aromatic rings. The summed E-state index contributed by atoms with van der Waals surface area (Å²) in [5.41, 5.74) is 3.13. The van der Waals surface area contributed by atoms with E-state index < -0.39 is 12.1 Å². The van der Waals surface area contributed by atoms with Crippen LogP contribution in [0, 0.1) is 6.92 Å². The molecule has 3 heterocycles. The third-order valence-corrected chi connectivity index (χ3v) is 4.88. The number of urea groups is 1. The average Bonchev–Trinajstić information content (AvgIpc) is 3.13. The molecule has 0 radical (unpaired) electrons. The van der Waals surface area contributed by atoms with Gasteiger partial charge in [0.25, 0.3) is 0 Å². The van der Waals surface area contributed by atoms with Crippen molar-refractivity contribution in [3.8, 4) is 0 Å². The number of carboxylic acid groups (broad SMARTS) is 1. The van der Waals surface area contributed by atoms with E-state index in [0.717, 1.165) is 5.69 Å². The number of oxazole rings is 1. The monoisotopic (exact) mass is 410 g/mol. The first kappa shape index (κ1) is 19.6. The number of amides is 3. The van der Waals surface area contributed by atoms with Crippen LogP contribution in [0.4, 0.5) is 21.0 Å². The first-order chi connectivity index (χ1) is 14.5. The molecule has 3 amide bonds. The fraction of sp³-hybridized carbons (Fsp3) is 0.300. The zero-order valence-electron chi connectivity index (χ0n) is 16.5. The molecule has 10 heteroatoms. The van der Waals surface area contributed by atoms with Gasteiger partial charge in [-0.15, -0.1) is 0 Å². The minimum Gasteiger partial charge on any atom is -0.465 e. The number of hydrogen-bond acceptors (Lipinski definition) is 6. The second kappa shape index (κ2) is 8.37. The number of hydrogen-bond donors (Lipinski definition) is 3. The van der Waals surface area contributed by atoms with E-state index in [1.165, 1.54) is 4.90 Å². The second-order valence-corrected chi connectivity index (χ2v) is 7.07. The van der Waals surface area contributed by atoms with Gasteiger partial charge >= 0.3 is 12.1 Å². The highest BCUT2D eigenvalue weighted by atomic mass is 16.4. The number of aryl methyl sites for hydroxylation is 1. The van der Waals surface area contributed by atoms with E-state index in [-0.39, 0.29) is 0 Å². The first-order valence-electron chi connectivity index (χ1n) is 9.57. The number of anilines is 2. The van der Waals surface area contributed by atoms with Gasteiger partial charge < -0.3 is 25.1 Å². The zero-order valence-corrected chi connectivity index (χ0v) is 16.5. The van der Waals surface area contributed by atoms with Crippen LogP contribution in [0.3, 0.4) is 0 Å².